The van der Waals surface area contributed by atoms with Gasteiger partial charge in [-0.2, -0.15) is 0 Å². The second-order valence-corrected chi connectivity index (χ2v) is 4.74. The first-order valence-electron chi connectivity index (χ1n) is 5.59. The highest BCUT2D eigenvalue weighted by Crippen LogP contribution is 2.30. The molecule has 0 amide bonds. The van der Waals surface area contributed by atoms with Crippen molar-refractivity contribution in [1.82, 2.24) is 4.98 Å². The quantitative estimate of drug-likeness (QED) is 0.691. The van der Waals surface area contributed by atoms with Crippen molar-refractivity contribution in [2.75, 3.05) is 0 Å². The molecule has 0 unspecified atom stereocenters. The number of carbonyl (C=O) groups is 1. The summed E-state index contributed by atoms with van der Waals surface area (Å²) in [6.07, 6.45) is 3.70. The number of benzene rings is 1. The van der Waals surface area contributed by atoms with Gasteiger partial charge in [0.2, 0.25) is 0 Å². The molecule has 2 nitrogen and oxygen atoms in total. The Balaban J connectivity index is 2.32. The van der Waals surface area contributed by atoms with Gasteiger partial charge in [0.05, 0.1) is 0 Å². The van der Waals surface area contributed by atoms with Crippen molar-refractivity contribution in [3.8, 4) is 0 Å². The predicted molar refractivity (Wildman–Crippen MR) is 65.2 cm³/mol. The molecule has 0 fully saturated rings. The number of Topliss-reactive ketones (excluding diaryl/α,β-unsaturated/α-hetero) is 1. The minimum atomic E-state index is 0.251. The molecule has 1 N–H and O–H groups in total. The number of fused-ring (bicyclic) bond motifs is 3. The molecule has 3 heteroatoms. The lowest BCUT2D eigenvalue weighted by atomic mass is 10.1. The van der Waals surface area contributed by atoms with Crippen LogP contribution in [-0.4, -0.2) is 10.8 Å². The number of halogens is 1. The molecule has 0 spiro atoms. The molecule has 0 bridgehead atoms. The second-order valence-electron chi connectivity index (χ2n) is 4.30. The summed E-state index contributed by atoms with van der Waals surface area (Å²) in [4.78, 5) is 15.4. The van der Waals surface area contributed by atoms with Crippen LogP contribution in [0.5, 0.6) is 0 Å². The zero-order valence-electron chi connectivity index (χ0n) is 8.85. The van der Waals surface area contributed by atoms with Crippen molar-refractivity contribution in [1.29, 1.82) is 0 Å². The largest absolute Gasteiger partial charge is 0.358 e. The van der Waals surface area contributed by atoms with E-state index in [0.29, 0.717) is 11.4 Å². The standard InChI is InChI=1S/C13H12ClNO/c14-8-5-6-10-9(7-8)13-11(15-10)3-1-2-4-12(13)16/h5-7,15H,1-4H2. The first-order valence-corrected chi connectivity index (χ1v) is 5.97. The summed E-state index contributed by atoms with van der Waals surface area (Å²) in [7, 11) is 0. The predicted octanol–water partition coefficient (Wildman–Crippen LogP) is 3.73. The molecule has 82 valence electrons. The van der Waals surface area contributed by atoms with Gasteiger partial charge in [-0.05, 0) is 37.5 Å². The second kappa shape index (κ2) is 3.63. The smallest absolute Gasteiger partial charge is 0.165 e. The number of hydrogen-bond acceptors (Lipinski definition) is 1. The highest BCUT2D eigenvalue weighted by atomic mass is 35.5. The molecule has 3 rings (SSSR count). The van der Waals surface area contributed by atoms with E-state index in [1.165, 1.54) is 0 Å². The van der Waals surface area contributed by atoms with Gasteiger partial charge in [-0.15, -0.1) is 0 Å². The molecule has 0 saturated carbocycles. The number of H-pyrrole nitrogens is 1. The maximum atomic E-state index is 12.0. The summed E-state index contributed by atoms with van der Waals surface area (Å²) < 4.78 is 0. The van der Waals surface area contributed by atoms with Crippen LogP contribution in [-0.2, 0) is 6.42 Å². The van der Waals surface area contributed by atoms with E-state index in [9.17, 15) is 4.79 Å². The third kappa shape index (κ3) is 1.45. The van der Waals surface area contributed by atoms with Crippen LogP contribution in [0.4, 0.5) is 0 Å². The van der Waals surface area contributed by atoms with E-state index in [1.807, 2.05) is 18.2 Å². The molecular formula is C13H12ClNO. The van der Waals surface area contributed by atoms with Crippen LogP contribution < -0.4 is 0 Å². The van der Waals surface area contributed by atoms with E-state index in [0.717, 1.165) is 41.4 Å². The van der Waals surface area contributed by atoms with Gasteiger partial charge in [0.25, 0.3) is 0 Å². The summed E-state index contributed by atoms with van der Waals surface area (Å²) in [6, 6.07) is 5.68. The fraction of sp³-hybridized carbons (Fsp3) is 0.308. The van der Waals surface area contributed by atoms with Gasteiger partial charge in [-0.3, -0.25) is 4.79 Å². The molecule has 2 aromatic rings. The van der Waals surface area contributed by atoms with E-state index >= 15 is 0 Å². The van der Waals surface area contributed by atoms with Gasteiger partial charge in [0, 0.05) is 33.6 Å². The molecule has 1 aliphatic carbocycles. The molecule has 1 aromatic heterocycles. The van der Waals surface area contributed by atoms with Gasteiger partial charge in [-0.25, -0.2) is 0 Å². The zero-order valence-corrected chi connectivity index (χ0v) is 9.60. The van der Waals surface area contributed by atoms with Crippen LogP contribution in [0.3, 0.4) is 0 Å². The van der Waals surface area contributed by atoms with Crippen LogP contribution in [0.1, 0.15) is 35.3 Å². The van der Waals surface area contributed by atoms with Crippen molar-refractivity contribution < 1.29 is 4.79 Å². The van der Waals surface area contributed by atoms with Crippen molar-refractivity contribution >= 4 is 28.3 Å². The third-order valence-electron chi connectivity index (χ3n) is 3.20. The summed E-state index contributed by atoms with van der Waals surface area (Å²) in [5.41, 5.74) is 2.97. The van der Waals surface area contributed by atoms with Crippen LogP contribution >= 0.6 is 11.6 Å². The fourth-order valence-electron chi connectivity index (χ4n) is 2.44. The molecule has 0 radical (unpaired) electrons. The normalized spacial score (nSPS) is 16.2. The zero-order chi connectivity index (χ0) is 11.1. The van der Waals surface area contributed by atoms with Crippen LogP contribution in [0.15, 0.2) is 18.2 Å². The maximum Gasteiger partial charge on any atom is 0.165 e. The Morgan fingerprint density at radius 1 is 1.19 bits per heavy atom. The summed E-state index contributed by atoms with van der Waals surface area (Å²) in [5.74, 6) is 0.251. The first-order chi connectivity index (χ1) is 7.75. The molecule has 1 heterocycles. The van der Waals surface area contributed by atoms with Crippen molar-refractivity contribution in [2.24, 2.45) is 0 Å². The number of hydrogen-bond donors (Lipinski definition) is 1. The van der Waals surface area contributed by atoms with E-state index < -0.39 is 0 Å². The van der Waals surface area contributed by atoms with E-state index in [1.54, 1.807) is 0 Å². The Bertz CT molecular complexity index is 571. The maximum absolute atomic E-state index is 12.0. The number of carbonyl (C=O) groups excluding carboxylic acids is 1. The summed E-state index contributed by atoms with van der Waals surface area (Å²) >= 11 is 5.98. The number of aromatic amines is 1. The van der Waals surface area contributed by atoms with Crippen molar-refractivity contribution in [2.45, 2.75) is 25.7 Å². The lowest BCUT2D eigenvalue weighted by Crippen LogP contribution is -1.97. The van der Waals surface area contributed by atoms with Crippen molar-refractivity contribution in [3.63, 3.8) is 0 Å². The number of rotatable bonds is 0. The van der Waals surface area contributed by atoms with E-state index in [-0.39, 0.29) is 5.78 Å². The molecule has 16 heavy (non-hydrogen) atoms. The minimum absolute atomic E-state index is 0.251. The average Bonchev–Trinajstić information content (AvgIpc) is 2.51. The highest BCUT2D eigenvalue weighted by molar-refractivity contribution is 6.31. The number of nitrogens with one attached hydrogen (secondary N) is 1. The monoisotopic (exact) mass is 233 g/mol. The van der Waals surface area contributed by atoms with Gasteiger partial charge in [-0.1, -0.05) is 11.6 Å². The third-order valence-corrected chi connectivity index (χ3v) is 3.43. The Morgan fingerprint density at radius 3 is 2.88 bits per heavy atom. The lowest BCUT2D eigenvalue weighted by molar-refractivity contribution is 0.0983. The number of ketones is 1. The lowest BCUT2D eigenvalue weighted by Gasteiger charge is -1.97. The SMILES string of the molecule is O=C1CCCCc2[nH]c3ccc(Cl)cc3c21. The first kappa shape index (κ1) is 9.91. The van der Waals surface area contributed by atoms with Crippen LogP contribution in [0.2, 0.25) is 5.02 Å². The molecular weight excluding hydrogens is 222 g/mol. The van der Waals surface area contributed by atoms with Gasteiger partial charge in [0.15, 0.2) is 5.78 Å². The molecule has 0 atom stereocenters. The summed E-state index contributed by atoms with van der Waals surface area (Å²) in [6.45, 7) is 0. The Morgan fingerprint density at radius 2 is 2.00 bits per heavy atom. The van der Waals surface area contributed by atoms with Crippen LogP contribution in [0.25, 0.3) is 10.9 Å². The highest BCUT2D eigenvalue weighted by Gasteiger charge is 2.20. The van der Waals surface area contributed by atoms with Gasteiger partial charge < -0.3 is 4.98 Å². The minimum Gasteiger partial charge on any atom is -0.358 e. The number of aryl methyl sites for hydroxylation is 1. The Kier molecular flexibility index (Phi) is 2.25. The van der Waals surface area contributed by atoms with E-state index in [2.05, 4.69) is 4.98 Å². The van der Waals surface area contributed by atoms with Crippen LogP contribution in [0, 0.1) is 0 Å². The molecule has 0 aliphatic heterocycles. The molecule has 1 aromatic carbocycles. The number of aromatic nitrogens is 1. The van der Waals surface area contributed by atoms with Gasteiger partial charge >= 0.3 is 0 Å². The molecule has 0 saturated heterocycles. The summed E-state index contributed by atoms with van der Waals surface area (Å²) in [5, 5.41) is 1.67. The van der Waals surface area contributed by atoms with Crippen molar-refractivity contribution in [3.05, 3.63) is 34.5 Å². The average molecular weight is 234 g/mol. The Hall–Kier alpha value is -1.28. The topological polar surface area (TPSA) is 32.9 Å². The van der Waals surface area contributed by atoms with E-state index in [4.69, 9.17) is 11.6 Å². The van der Waals surface area contributed by atoms with Gasteiger partial charge in [0.1, 0.15) is 0 Å². The Labute approximate surface area is 98.6 Å². The fourth-order valence-corrected chi connectivity index (χ4v) is 2.61. The molecule has 1 aliphatic rings.